The molecular formula is C8H9O2. The van der Waals surface area contributed by atoms with Gasteiger partial charge in [-0.1, -0.05) is 12.1 Å². The number of rotatable bonds is 1. The molecule has 53 valence electrons. The molecule has 0 aromatic heterocycles. The average molecular weight is 137 g/mol. The van der Waals surface area contributed by atoms with Crippen molar-refractivity contribution in [2.24, 2.45) is 0 Å². The third kappa shape index (κ3) is 1.48. The smallest absolute Gasteiger partial charge is 0.119 e. The normalized spacial score (nSPS) is 10.3. The Bertz CT molecular complexity index is 201. The second kappa shape index (κ2) is 2.71. The fraction of sp³-hybridized carbons (Fsp3) is 0.125. The molecule has 0 bridgehead atoms. The summed E-state index contributed by atoms with van der Waals surface area (Å²) in [6, 6.07) is 6.39. The summed E-state index contributed by atoms with van der Waals surface area (Å²) >= 11 is 0. The number of aliphatic hydroxyl groups excluding tert-OH is 1. The van der Waals surface area contributed by atoms with Crippen molar-refractivity contribution in [2.75, 3.05) is 0 Å². The maximum Gasteiger partial charge on any atom is 0.119 e. The molecule has 1 radical (unpaired) electrons. The molecular weight excluding hydrogens is 128 g/mol. The highest BCUT2D eigenvalue weighted by molar-refractivity contribution is 5.31. The van der Waals surface area contributed by atoms with Gasteiger partial charge >= 0.3 is 0 Å². The minimum Gasteiger partial charge on any atom is -0.508 e. The van der Waals surface area contributed by atoms with Gasteiger partial charge in [-0.25, -0.2) is 0 Å². The van der Waals surface area contributed by atoms with E-state index in [-0.39, 0.29) is 11.9 Å². The number of aromatic hydroxyl groups is 1. The molecule has 0 unspecified atom stereocenters. The maximum absolute atomic E-state index is 8.95. The molecule has 0 fully saturated rings. The van der Waals surface area contributed by atoms with Crippen molar-refractivity contribution in [2.45, 2.75) is 6.92 Å². The van der Waals surface area contributed by atoms with Gasteiger partial charge in [-0.15, -0.1) is 0 Å². The Hall–Kier alpha value is -1.02. The quantitative estimate of drug-likeness (QED) is 0.618. The zero-order chi connectivity index (χ0) is 7.56. The van der Waals surface area contributed by atoms with E-state index >= 15 is 0 Å². The topological polar surface area (TPSA) is 40.5 Å². The van der Waals surface area contributed by atoms with E-state index < -0.39 is 0 Å². The number of phenolic OH excluding ortho intramolecular Hbond substituents is 1. The summed E-state index contributed by atoms with van der Waals surface area (Å²) in [5, 5.41) is 17.8. The Balaban J connectivity index is 2.89. The lowest BCUT2D eigenvalue weighted by atomic mass is 10.1. The lowest BCUT2D eigenvalue weighted by Gasteiger charge is -2.01. The van der Waals surface area contributed by atoms with Crippen LogP contribution in [0.5, 0.6) is 5.75 Å². The molecule has 1 aromatic rings. The van der Waals surface area contributed by atoms with E-state index in [2.05, 4.69) is 0 Å². The maximum atomic E-state index is 8.95. The molecule has 0 saturated heterocycles. The minimum absolute atomic E-state index is 0.213. The van der Waals surface area contributed by atoms with Gasteiger partial charge in [0.05, 0.1) is 0 Å². The van der Waals surface area contributed by atoms with E-state index in [1.54, 1.807) is 19.1 Å². The van der Waals surface area contributed by atoms with Crippen LogP contribution in [0.4, 0.5) is 0 Å². The monoisotopic (exact) mass is 137 g/mol. The van der Waals surface area contributed by atoms with Gasteiger partial charge in [-0.3, -0.25) is 0 Å². The van der Waals surface area contributed by atoms with E-state index in [1.807, 2.05) is 0 Å². The van der Waals surface area contributed by atoms with E-state index in [0.717, 1.165) is 5.56 Å². The van der Waals surface area contributed by atoms with Crippen LogP contribution < -0.4 is 0 Å². The van der Waals surface area contributed by atoms with Crippen LogP contribution in [0.2, 0.25) is 0 Å². The summed E-state index contributed by atoms with van der Waals surface area (Å²) in [5.41, 5.74) is 0.734. The van der Waals surface area contributed by atoms with Gasteiger partial charge in [0.2, 0.25) is 0 Å². The van der Waals surface area contributed by atoms with Crippen LogP contribution in [-0.2, 0) is 0 Å². The van der Waals surface area contributed by atoms with Crippen LogP contribution in [0, 0.1) is 6.10 Å². The standard InChI is InChI=1S/C8H9O2/c1-6(9)7-2-4-8(10)5-3-7/h2-5,9-10H,1H3. The minimum atomic E-state index is 0.213. The Labute approximate surface area is 59.7 Å². The third-order valence-electron chi connectivity index (χ3n) is 1.29. The van der Waals surface area contributed by atoms with Gasteiger partial charge < -0.3 is 10.2 Å². The van der Waals surface area contributed by atoms with Crippen molar-refractivity contribution in [3.05, 3.63) is 35.9 Å². The van der Waals surface area contributed by atoms with Crippen molar-refractivity contribution < 1.29 is 10.2 Å². The van der Waals surface area contributed by atoms with Crippen LogP contribution in [0.1, 0.15) is 12.5 Å². The summed E-state index contributed by atoms with van der Waals surface area (Å²) in [4.78, 5) is 0. The number of phenols is 1. The predicted octanol–water partition coefficient (Wildman–Crippen LogP) is 1.66. The SMILES string of the molecule is C[C](O)c1ccc(O)cc1. The van der Waals surface area contributed by atoms with Gasteiger partial charge in [0, 0.05) is 0 Å². The lowest BCUT2D eigenvalue weighted by Crippen LogP contribution is -1.89. The van der Waals surface area contributed by atoms with Crippen molar-refractivity contribution in [3.63, 3.8) is 0 Å². The Morgan fingerprint density at radius 3 is 2.10 bits per heavy atom. The first-order valence-corrected chi connectivity index (χ1v) is 3.02. The molecule has 0 spiro atoms. The van der Waals surface area contributed by atoms with Crippen LogP contribution in [0.25, 0.3) is 0 Å². The summed E-state index contributed by atoms with van der Waals surface area (Å²) in [6.45, 7) is 1.60. The third-order valence-corrected chi connectivity index (χ3v) is 1.29. The van der Waals surface area contributed by atoms with Crippen LogP contribution >= 0.6 is 0 Å². The predicted molar refractivity (Wildman–Crippen MR) is 38.1 cm³/mol. The molecule has 10 heavy (non-hydrogen) atoms. The van der Waals surface area contributed by atoms with Crippen LogP contribution in [-0.4, -0.2) is 10.2 Å². The van der Waals surface area contributed by atoms with Crippen molar-refractivity contribution >= 4 is 0 Å². The highest BCUT2D eigenvalue weighted by Crippen LogP contribution is 2.14. The molecule has 0 heterocycles. The van der Waals surface area contributed by atoms with Gasteiger partial charge in [0.25, 0.3) is 0 Å². The zero-order valence-electron chi connectivity index (χ0n) is 5.70. The summed E-state index contributed by atoms with van der Waals surface area (Å²) in [5.74, 6) is 0.213. The van der Waals surface area contributed by atoms with E-state index in [0.29, 0.717) is 0 Å². The Kier molecular flexibility index (Phi) is 1.92. The van der Waals surface area contributed by atoms with Gasteiger partial charge in [0.1, 0.15) is 11.9 Å². The fourth-order valence-electron chi connectivity index (χ4n) is 0.703. The van der Waals surface area contributed by atoms with Crippen LogP contribution in [0.15, 0.2) is 24.3 Å². The first kappa shape index (κ1) is 7.09. The summed E-state index contributed by atoms with van der Waals surface area (Å²) in [6.07, 6.45) is 0.264. The molecule has 2 heteroatoms. The number of hydrogen-bond acceptors (Lipinski definition) is 2. The van der Waals surface area contributed by atoms with Gasteiger partial charge in [-0.05, 0) is 24.6 Å². The first-order valence-electron chi connectivity index (χ1n) is 3.02. The van der Waals surface area contributed by atoms with Gasteiger partial charge in [-0.2, -0.15) is 0 Å². The first-order chi connectivity index (χ1) is 4.70. The summed E-state index contributed by atoms with van der Waals surface area (Å²) in [7, 11) is 0. The second-order valence-corrected chi connectivity index (χ2v) is 2.13. The van der Waals surface area contributed by atoms with E-state index in [9.17, 15) is 0 Å². The van der Waals surface area contributed by atoms with Crippen molar-refractivity contribution in [3.8, 4) is 5.75 Å². The molecule has 2 nitrogen and oxygen atoms in total. The summed E-state index contributed by atoms with van der Waals surface area (Å²) < 4.78 is 0. The zero-order valence-corrected chi connectivity index (χ0v) is 5.70. The highest BCUT2D eigenvalue weighted by atomic mass is 16.3. The molecule has 2 N–H and O–H groups in total. The molecule has 0 aliphatic rings. The number of aliphatic hydroxyl groups is 1. The molecule has 0 aliphatic carbocycles. The lowest BCUT2D eigenvalue weighted by molar-refractivity contribution is 0.341. The molecule has 0 atom stereocenters. The second-order valence-electron chi connectivity index (χ2n) is 2.13. The van der Waals surface area contributed by atoms with Gasteiger partial charge in [0.15, 0.2) is 0 Å². The van der Waals surface area contributed by atoms with Crippen LogP contribution in [0.3, 0.4) is 0 Å². The Morgan fingerprint density at radius 1 is 1.20 bits per heavy atom. The average Bonchev–Trinajstić information content (AvgIpc) is 1.88. The molecule has 0 aliphatic heterocycles. The number of hydrogen-bond donors (Lipinski definition) is 2. The van der Waals surface area contributed by atoms with E-state index in [1.165, 1.54) is 12.1 Å². The molecule has 0 amide bonds. The fourth-order valence-corrected chi connectivity index (χ4v) is 0.703. The Morgan fingerprint density at radius 2 is 1.70 bits per heavy atom. The van der Waals surface area contributed by atoms with E-state index in [4.69, 9.17) is 10.2 Å². The molecule has 0 saturated carbocycles. The highest BCUT2D eigenvalue weighted by Gasteiger charge is 1.99. The largest absolute Gasteiger partial charge is 0.508 e. The van der Waals surface area contributed by atoms with Crippen molar-refractivity contribution in [1.29, 1.82) is 0 Å². The molecule has 1 aromatic carbocycles. The number of benzene rings is 1. The van der Waals surface area contributed by atoms with Crippen molar-refractivity contribution in [1.82, 2.24) is 0 Å². The molecule has 1 rings (SSSR count).